The minimum Gasteiger partial charge on any atom is -0.375 e. The molecule has 1 saturated heterocycles. The number of ether oxygens (including phenoxy) is 1. The lowest BCUT2D eigenvalue weighted by Gasteiger charge is -2.43. The summed E-state index contributed by atoms with van der Waals surface area (Å²) in [6.07, 6.45) is 2.28. The molecular weight excluding hydrogens is 212 g/mol. The van der Waals surface area contributed by atoms with Crippen LogP contribution in [0.1, 0.15) is 47.5 Å². The third kappa shape index (κ3) is 4.57. The Hall–Kier alpha value is -0.120. The van der Waals surface area contributed by atoms with Crippen molar-refractivity contribution in [3.05, 3.63) is 0 Å². The molecule has 0 aromatic heterocycles. The number of nitrogens with two attached hydrogens (primary N) is 1. The van der Waals surface area contributed by atoms with Crippen LogP contribution < -0.4 is 5.73 Å². The van der Waals surface area contributed by atoms with Gasteiger partial charge in [-0.3, -0.25) is 4.90 Å². The molecule has 0 bridgehead atoms. The van der Waals surface area contributed by atoms with E-state index in [1.807, 2.05) is 0 Å². The summed E-state index contributed by atoms with van der Waals surface area (Å²) in [5, 5.41) is 0. The lowest BCUT2D eigenvalue weighted by Crippen LogP contribution is -2.49. The van der Waals surface area contributed by atoms with E-state index in [9.17, 15) is 0 Å². The Labute approximate surface area is 107 Å². The second-order valence-electron chi connectivity index (χ2n) is 6.69. The molecule has 0 spiro atoms. The summed E-state index contributed by atoms with van der Waals surface area (Å²) in [6, 6.07) is 0.648. The monoisotopic (exact) mass is 242 g/mol. The van der Waals surface area contributed by atoms with Crippen LogP contribution >= 0.6 is 0 Å². The summed E-state index contributed by atoms with van der Waals surface area (Å²) in [5.41, 5.74) is 6.08. The van der Waals surface area contributed by atoms with Crippen LogP contribution in [0.5, 0.6) is 0 Å². The van der Waals surface area contributed by atoms with Gasteiger partial charge in [-0.1, -0.05) is 20.8 Å². The first-order valence-electron chi connectivity index (χ1n) is 6.88. The zero-order chi connectivity index (χ0) is 13.1. The Balaban J connectivity index is 2.61. The molecule has 0 amide bonds. The standard InChI is InChI=1S/C14H30N2O/c1-6-16(11-13(2,3)10-15)12-7-8-17-14(4,5)9-12/h12H,6-11,15H2,1-5H3. The van der Waals surface area contributed by atoms with Crippen molar-refractivity contribution in [1.82, 2.24) is 4.90 Å². The highest BCUT2D eigenvalue weighted by molar-refractivity contribution is 4.87. The highest BCUT2D eigenvalue weighted by Gasteiger charge is 2.33. The molecular formula is C14H30N2O. The summed E-state index contributed by atoms with van der Waals surface area (Å²) in [5.74, 6) is 0. The fourth-order valence-electron chi connectivity index (χ4n) is 2.62. The largest absolute Gasteiger partial charge is 0.375 e. The zero-order valence-corrected chi connectivity index (χ0v) is 12.3. The van der Waals surface area contributed by atoms with Crippen LogP contribution in [0.15, 0.2) is 0 Å². The number of hydrogen-bond acceptors (Lipinski definition) is 3. The van der Waals surface area contributed by atoms with Crippen LogP contribution in [0, 0.1) is 5.41 Å². The predicted molar refractivity (Wildman–Crippen MR) is 73.1 cm³/mol. The van der Waals surface area contributed by atoms with Gasteiger partial charge in [-0.25, -0.2) is 0 Å². The first kappa shape index (κ1) is 14.9. The van der Waals surface area contributed by atoms with Gasteiger partial charge in [0.1, 0.15) is 0 Å². The van der Waals surface area contributed by atoms with Crippen molar-refractivity contribution in [3.63, 3.8) is 0 Å². The van der Waals surface area contributed by atoms with E-state index in [0.717, 1.165) is 39.1 Å². The Morgan fingerprint density at radius 1 is 1.41 bits per heavy atom. The van der Waals surface area contributed by atoms with E-state index < -0.39 is 0 Å². The normalized spacial score (nSPS) is 25.2. The quantitative estimate of drug-likeness (QED) is 0.803. The molecule has 2 N–H and O–H groups in total. The molecule has 1 heterocycles. The zero-order valence-electron chi connectivity index (χ0n) is 12.3. The molecule has 1 atom stereocenters. The average Bonchev–Trinajstić information content (AvgIpc) is 2.24. The van der Waals surface area contributed by atoms with E-state index in [2.05, 4.69) is 39.5 Å². The summed E-state index contributed by atoms with van der Waals surface area (Å²) in [7, 11) is 0. The van der Waals surface area contributed by atoms with Gasteiger partial charge in [-0.05, 0) is 45.2 Å². The molecule has 0 radical (unpaired) electrons. The lowest BCUT2D eigenvalue weighted by molar-refractivity contribution is -0.0860. The van der Waals surface area contributed by atoms with Crippen LogP contribution in [0.25, 0.3) is 0 Å². The third-order valence-corrected chi connectivity index (χ3v) is 3.78. The molecule has 17 heavy (non-hydrogen) atoms. The average molecular weight is 242 g/mol. The van der Waals surface area contributed by atoms with E-state index in [-0.39, 0.29) is 11.0 Å². The Morgan fingerprint density at radius 3 is 2.53 bits per heavy atom. The summed E-state index contributed by atoms with van der Waals surface area (Å²) < 4.78 is 5.80. The second kappa shape index (κ2) is 5.68. The topological polar surface area (TPSA) is 38.5 Å². The van der Waals surface area contributed by atoms with Crippen molar-refractivity contribution in [2.24, 2.45) is 11.1 Å². The molecule has 1 rings (SSSR count). The Morgan fingerprint density at radius 2 is 2.06 bits per heavy atom. The third-order valence-electron chi connectivity index (χ3n) is 3.78. The van der Waals surface area contributed by atoms with Gasteiger partial charge in [-0.15, -0.1) is 0 Å². The van der Waals surface area contributed by atoms with Crippen LogP contribution in [0.3, 0.4) is 0 Å². The molecule has 0 aromatic carbocycles. The van der Waals surface area contributed by atoms with Crippen LogP contribution in [0.2, 0.25) is 0 Å². The van der Waals surface area contributed by atoms with Crippen molar-refractivity contribution in [1.29, 1.82) is 0 Å². The Kier molecular flexibility index (Phi) is 4.99. The maximum absolute atomic E-state index is 5.84. The first-order valence-corrected chi connectivity index (χ1v) is 6.88. The Bertz CT molecular complexity index is 238. The van der Waals surface area contributed by atoms with E-state index in [1.165, 1.54) is 0 Å². The maximum atomic E-state index is 5.84. The van der Waals surface area contributed by atoms with E-state index >= 15 is 0 Å². The summed E-state index contributed by atoms with van der Waals surface area (Å²) in [4.78, 5) is 2.58. The van der Waals surface area contributed by atoms with Gasteiger partial charge in [0.15, 0.2) is 0 Å². The molecule has 1 aliphatic heterocycles. The van der Waals surface area contributed by atoms with Gasteiger partial charge >= 0.3 is 0 Å². The predicted octanol–water partition coefficient (Wildman–Crippen LogP) is 2.25. The fourth-order valence-corrected chi connectivity index (χ4v) is 2.62. The number of nitrogens with zero attached hydrogens (tertiary/aromatic N) is 1. The molecule has 1 unspecified atom stereocenters. The van der Waals surface area contributed by atoms with Crippen LogP contribution in [-0.2, 0) is 4.74 Å². The minimum absolute atomic E-state index is 0.0309. The summed E-state index contributed by atoms with van der Waals surface area (Å²) >= 11 is 0. The van der Waals surface area contributed by atoms with Crippen molar-refractivity contribution in [3.8, 4) is 0 Å². The first-order chi connectivity index (χ1) is 7.79. The van der Waals surface area contributed by atoms with Gasteiger partial charge in [0.2, 0.25) is 0 Å². The number of rotatable bonds is 5. The van der Waals surface area contributed by atoms with Gasteiger partial charge < -0.3 is 10.5 Å². The van der Waals surface area contributed by atoms with E-state index in [4.69, 9.17) is 10.5 Å². The molecule has 1 fully saturated rings. The van der Waals surface area contributed by atoms with Crippen molar-refractivity contribution in [2.75, 3.05) is 26.2 Å². The highest BCUT2D eigenvalue weighted by Crippen LogP contribution is 2.29. The van der Waals surface area contributed by atoms with Crippen LogP contribution in [0.4, 0.5) is 0 Å². The van der Waals surface area contributed by atoms with Crippen LogP contribution in [-0.4, -0.2) is 42.8 Å². The van der Waals surface area contributed by atoms with E-state index in [0.29, 0.717) is 6.04 Å². The molecule has 0 saturated carbocycles. The lowest BCUT2D eigenvalue weighted by atomic mass is 9.88. The minimum atomic E-state index is 0.0309. The molecule has 3 nitrogen and oxygen atoms in total. The summed E-state index contributed by atoms with van der Waals surface area (Å²) in [6.45, 7) is 15.0. The SMILES string of the molecule is CCN(CC(C)(C)CN)C1CCOC(C)(C)C1. The molecule has 102 valence electrons. The molecule has 3 heteroatoms. The van der Waals surface area contributed by atoms with E-state index in [1.54, 1.807) is 0 Å². The van der Waals surface area contributed by atoms with Crippen molar-refractivity contribution in [2.45, 2.75) is 59.1 Å². The van der Waals surface area contributed by atoms with Gasteiger partial charge in [0.25, 0.3) is 0 Å². The highest BCUT2D eigenvalue weighted by atomic mass is 16.5. The molecule has 1 aliphatic rings. The van der Waals surface area contributed by atoms with Crippen molar-refractivity contribution < 1.29 is 4.74 Å². The van der Waals surface area contributed by atoms with Crippen molar-refractivity contribution >= 4 is 0 Å². The second-order valence-corrected chi connectivity index (χ2v) is 6.69. The van der Waals surface area contributed by atoms with Gasteiger partial charge in [0, 0.05) is 19.2 Å². The number of hydrogen-bond donors (Lipinski definition) is 1. The molecule has 0 aromatic rings. The maximum Gasteiger partial charge on any atom is 0.0641 e. The van der Waals surface area contributed by atoms with Gasteiger partial charge in [-0.2, -0.15) is 0 Å². The smallest absolute Gasteiger partial charge is 0.0641 e. The fraction of sp³-hybridized carbons (Fsp3) is 1.00. The van der Waals surface area contributed by atoms with Gasteiger partial charge in [0.05, 0.1) is 5.60 Å². The molecule has 0 aliphatic carbocycles.